The molecule has 7 heteroatoms. The lowest BCUT2D eigenvalue weighted by atomic mass is 10.2. The van der Waals surface area contributed by atoms with Crippen LogP contribution in [-0.2, 0) is 16.1 Å². The van der Waals surface area contributed by atoms with E-state index in [0.29, 0.717) is 18.7 Å². The van der Waals surface area contributed by atoms with Crippen molar-refractivity contribution in [3.8, 4) is 0 Å². The highest BCUT2D eigenvalue weighted by molar-refractivity contribution is 5.78. The normalized spacial score (nSPS) is 20.1. The summed E-state index contributed by atoms with van der Waals surface area (Å²) in [6, 6.07) is 6.51. The Balaban J connectivity index is 1.30. The minimum absolute atomic E-state index is 0.163. The highest BCUT2D eigenvalue weighted by Crippen LogP contribution is 2.10. The number of hydrogen-bond donors (Lipinski definition) is 1. The molecule has 1 aromatic rings. The molecule has 0 bridgehead atoms. The number of rotatable bonds is 8. The lowest BCUT2D eigenvalue weighted by Crippen LogP contribution is -2.51. The number of hydrogen-bond acceptors (Lipinski definition) is 5. The van der Waals surface area contributed by atoms with Crippen LogP contribution in [0.15, 0.2) is 24.3 Å². The van der Waals surface area contributed by atoms with E-state index in [1.807, 2.05) is 4.90 Å². The number of ether oxygens (including phenoxy) is 1. The molecule has 1 N–H and O–H groups in total. The summed E-state index contributed by atoms with van der Waals surface area (Å²) < 4.78 is 19.0. The summed E-state index contributed by atoms with van der Waals surface area (Å²) in [4.78, 5) is 18.6. The first-order chi connectivity index (χ1) is 13.1. The lowest BCUT2D eigenvalue weighted by molar-refractivity contribution is -0.131. The molecule has 6 nitrogen and oxygen atoms in total. The van der Waals surface area contributed by atoms with Crippen LogP contribution >= 0.6 is 0 Å². The van der Waals surface area contributed by atoms with Crippen molar-refractivity contribution in [2.24, 2.45) is 0 Å². The number of aliphatic hydroxyl groups is 1. The number of benzene rings is 1. The summed E-state index contributed by atoms with van der Waals surface area (Å²) in [5.41, 5.74) is 0.501. The highest BCUT2D eigenvalue weighted by atomic mass is 19.1. The maximum Gasteiger partial charge on any atom is 0.236 e. The quantitative estimate of drug-likeness (QED) is 0.729. The smallest absolute Gasteiger partial charge is 0.236 e. The van der Waals surface area contributed by atoms with Gasteiger partial charge in [0, 0.05) is 51.4 Å². The fourth-order valence-electron chi connectivity index (χ4n) is 3.66. The molecule has 0 aromatic heterocycles. The summed E-state index contributed by atoms with van der Waals surface area (Å²) in [6.45, 7) is 6.52. The summed E-state index contributed by atoms with van der Waals surface area (Å²) >= 11 is 0. The van der Waals surface area contributed by atoms with Crippen molar-refractivity contribution in [3.05, 3.63) is 35.6 Å². The molecule has 0 saturated carbocycles. The first-order valence-electron chi connectivity index (χ1n) is 9.83. The fourth-order valence-corrected chi connectivity index (χ4v) is 3.66. The summed E-state index contributed by atoms with van der Waals surface area (Å²) in [6.07, 6.45) is 1.64. The molecule has 1 unspecified atom stereocenters. The van der Waals surface area contributed by atoms with E-state index < -0.39 is 6.10 Å². The van der Waals surface area contributed by atoms with E-state index in [-0.39, 0.29) is 24.9 Å². The fraction of sp³-hybridized carbons (Fsp3) is 0.650. The van der Waals surface area contributed by atoms with Crippen molar-refractivity contribution in [3.63, 3.8) is 0 Å². The minimum Gasteiger partial charge on any atom is -0.389 e. The van der Waals surface area contributed by atoms with E-state index in [2.05, 4.69) is 9.80 Å². The number of amides is 1. The second-order valence-electron chi connectivity index (χ2n) is 7.43. The molecule has 2 aliphatic heterocycles. The van der Waals surface area contributed by atoms with Crippen LogP contribution < -0.4 is 0 Å². The van der Waals surface area contributed by atoms with Gasteiger partial charge in [-0.2, -0.15) is 0 Å². The van der Waals surface area contributed by atoms with E-state index in [4.69, 9.17) is 4.74 Å². The molecule has 150 valence electrons. The van der Waals surface area contributed by atoms with Gasteiger partial charge in [-0.15, -0.1) is 0 Å². The first kappa shape index (κ1) is 20.2. The average Bonchev–Trinajstić information content (AvgIpc) is 3.20. The number of nitrogens with zero attached hydrogens (tertiary/aromatic N) is 3. The zero-order chi connectivity index (χ0) is 19.1. The van der Waals surface area contributed by atoms with Crippen LogP contribution in [-0.4, -0.2) is 90.8 Å². The van der Waals surface area contributed by atoms with E-state index >= 15 is 0 Å². The van der Waals surface area contributed by atoms with E-state index in [1.165, 1.54) is 6.07 Å². The van der Waals surface area contributed by atoms with Crippen LogP contribution in [0.4, 0.5) is 4.39 Å². The molecule has 2 fully saturated rings. The van der Waals surface area contributed by atoms with Crippen molar-refractivity contribution in [2.45, 2.75) is 25.6 Å². The van der Waals surface area contributed by atoms with Crippen molar-refractivity contribution in [2.75, 3.05) is 59.0 Å². The molecule has 3 rings (SSSR count). The Morgan fingerprint density at radius 2 is 1.74 bits per heavy atom. The third kappa shape index (κ3) is 6.24. The first-order valence-corrected chi connectivity index (χ1v) is 9.83. The van der Waals surface area contributed by atoms with Crippen LogP contribution in [0.1, 0.15) is 18.4 Å². The van der Waals surface area contributed by atoms with Gasteiger partial charge in [-0.05, 0) is 18.9 Å². The molecule has 0 radical (unpaired) electrons. The number of β-amino-alcohol motifs (C(OH)–C–C–N with tert-alkyl or cyclic N) is 1. The van der Waals surface area contributed by atoms with Gasteiger partial charge >= 0.3 is 0 Å². The molecule has 1 aromatic carbocycles. The SMILES string of the molecule is O=C(CN1CCN(CC(O)COCc2ccccc2F)CC1)N1CCCC1. The summed E-state index contributed by atoms with van der Waals surface area (Å²) in [5.74, 6) is -0.0471. The van der Waals surface area contributed by atoms with Crippen LogP contribution in [0.2, 0.25) is 0 Å². The van der Waals surface area contributed by atoms with Crippen LogP contribution in [0.3, 0.4) is 0 Å². The Labute approximate surface area is 160 Å². The van der Waals surface area contributed by atoms with Gasteiger partial charge in [0.2, 0.25) is 5.91 Å². The Morgan fingerprint density at radius 3 is 2.44 bits per heavy atom. The highest BCUT2D eigenvalue weighted by Gasteiger charge is 2.24. The molecular formula is C20H30FN3O3. The van der Waals surface area contributed by atoms with Gasteiger partial charge < -0.3 is 14.7 Å². The summed E-state index contributed by atoms with van der Waals surface area (Å²) in [5, 5.41) is 10.2. The zero-order valence-electron chi connectivity index (χ0n) is 15.9. The third-order valence-corrected chi connectivity index (χ3v) is 5.28. The molecule has 2 aliphatic rings. The van der Waals surface area contributed by atoms with E-state index in [1.54, 1.807) is 18.2 Å². The van der Waals surface area contributed by atoms with Gasteiger partial charge in [-0.25, -0.2) is 4.39 Å². The Hall–Kier alpha value is -1.54. The Morgan fingerprint density at radius 1 is 1.07 bits per heavy atom. The molecule has 1 amide bonds. The van der Waals surface area contributed by atoms with E-state index in [0.717, 1.165) is 52.1 Å². The third-order valence-electron chi connectivity index (χ3n) is 5.28. The Bertz CT molecular complexity index is 602. The second kappa shape index (κ2) is 10.1. The number of carbonyl (C=O) groups excluding carboxylic acids is 1. The predicted octanol–water partition coefficient (Wildman–Crippen LogP) is 0.943. The maximum absolute atomic E-state index is 13.5. The van der Waals surface area contributed by atoms with Gasteiger partial charge in [0.05, 0.1) is 25.9 Å². The van der Waals surface area contributed by atoms with Crippen molar-refractivity contribution in [1.29, 1.82) is 0 Å². The predicted molar refractivity (Wildman–Crippen MR) is 101 cm³/mol. The number of carbonyl (C=O) groups is 1. The second-order valence-corrected chi connectivity index (χ2v) is 7.43. The van der Waals surface area contributed by atoms with Crippen LogP contribution in [0.25, 0.3) is 0 Å². The van der Waals surface area contributed by atoms with Gasteiger partial charge in [-0.3, -0.25) is 14.6 Å². The minimum atomic E-state index is -0.602. The number of aliphatic hydroxyl groups excluding tert-OH is 1. The van der Waals surface area contributed by atoms with Crippen LogP contribution in [0, 0.1) is 5.82 Å². The van der Waals surface area contributed by atoms with Gasteiger partial charge in [0.1, 0.15) is 5.82 Å². The zero-order valence-corrected chi connectivity index (χ0v) is 15.9. The van der Waals surface area contributed by atoms with Crippen molar-refractivity contribution < 1.29 is 19.0 Å². The monoisotopic (exact) mass is 379 g/mol. The Kier molecular flexibility index (Phi) is 7.58. The summed E-state index contributed by atoms with van der Waals surface area (Å²) in [7, 11) is 0. The van der Waals surface area contributed by atoms with Crippen molar-refractivity contribution >= 4 is 5.91 Å². The van der Waals surface area contributed by atoms with Crippen molar-refractivity contribution in [1.82, 2.24) is 14.7 Å². The van der Waals surface area contributed by atoms with Gasteiger partial charge in [0.25, 0.3) is 0 Å². The molecule has 2 saturated heterocycles. The molecule has 0 aliphatic carbocycles. The molecule has 0 spiro atoms. The molecule has 2 heterocycles. The number of halogens is 1. The topological polar surface area (TPSA) is 56.3 Å². The average molecular weight is 379 g/mol. The number of piperazine rings is 1. The largest absolute Gasteiger partial charge is 0.389 e. The molecule has 27 heavy (non-hydrogen) atoms. The standard InChI is InChI=1S/C20H30FN3O3/c21-19-6-2-1-5-17(19)15-27-16-18(25)13-22-9-11-23(12-10-22)14-20(26)24-7-3-4-8-24/h1-2,5-6,18,25H,3-4,7-16H2. The van der Waals surface area contributed by atoms with Gasteiger partial charge in [-0.1, -0.05) is 18.2 Å². The van der Waals surface area contributed by atoms with Crippen LogP contribution in [0.5, 0.6) is 0 Å². The molecular weight excluding hydrogens is 349 g/mol. The van der Waals surface area contributed by atoms with E-state index in [9.17, 15) is 14.3 Å². The molecule has 1 atom stereocenters. The van der Waals surface area contributed by atoms with Gasteiger partial charge in [0.15, 0.2) is 0 Å². The number of likely N-dealkylation sites (tertiary alicyclic amines) is 1. The maximum atomic E-state index is 13.5. The lowest BCUT2D eigenvalue weighted by Gasteiger charge is -2.35.